The van der Waals surface area contributed by atoms with Gasteiger partial charge >= 0.3 is 0 Å². The van der Waals surface area contributed by atoms with Crippen LogP contribution in [0.2, 0.25) is 0 Å². The van der Waals surface area contributed by atoms with Crippen LogP contribution in [0.15, 0.2) is 71.6 Å². The van der Waals surface area contributed by atoms with Gasteiger partial charge in [-0.25, -0.2) is 8.42 Å². The molecule has 6 nitrogen and oxygen atoms in total. The number of fused-ring (bicyclic) bond motifs is 1. The van der Waals surface area contributed by atoms with Crippen molar-refractivity contribution in [3.05, 3.63) is 77.9 Å². The molecule has 3 aromatic rings. The van der Waals surface area contributed by atoms with Crippen molar-refractivity contribution < 1.29 is 18.0 Å². The van der Waals surface area contributed by atoms with Crippen molar-refractivity contribution in [3.8, 4) is 0 Å². The zero-order chi connectivity index (χ0) is 20.3. The van der Waals surface area contributed by atoms with Crippen LogP contribution < -0.4 is 5.32 Å². The molecule has 1 atom stereocenters. The van der Waals surface area contributed by atoms with E-state index in [1.54, 1.807) is 6.07 Å². The lowest BCUT2D eigenvalue weighted by atomic mass is 10.0. The Kier molecular flexibility index (Phi) is 5.79. The van der Waals surface area contributed by atoms with Gasteiger partial charge in [0.15, 0.2) is 0 Å². The molecule has 0 aromatic heterocycles. The minimum atomic E-state index is -3.82. The van der Waals surface area contributed by atoms with Crippen molar-refractivity contribution in [1.82, 2.24) is 9.79 Å². The van der Waals surface area contributed by atoms with Crippen molar-refractivity contribution in [2.75, 3.05) is 14.2 Å². The summed E-state index contributed by atoms with van der Waals surface area (Å²) in [5, 5.41) is 5.14. The van der Waals surface area contributed by atoms with E-state index in [1.807, 2.05) is 49.4 Å². The Morgan fingerprint density at radius 1 is 1.00 bits per heavy atom. The van der Waals surface area contributed by atoms with Crippen LogP contribution in [0, 0.1) is 0 Å². The highest BCUT2D eigenvalue weighted by molar-refractivity contribution is 7.89. The predicted molar refractivity (Wildman–Crippen MR) is 108 cm³/mol. The fourth-order valence-electron chi connectivity index (χ4n) is 2.88. The van der Waals surface area contributed by atoms with E-state index in [4.69, 9.17) is 4.84 Å². The first-order valence-corrected chi connectivity index (χ1v) is 10.2. The average Bonchev–Trinajstić information content (AvgIpc) is 2.72. The van der Waals surface area contributed by atoms with Gasteiger partial charge in [0.05, 0.1) is 18.0 Å². The van der Waals surface area contributed by atoms with Crippen LogP contribution in [-0.2, 0) is 14.9 Å². The summed E-state index contributed by atoms with van der Waals surface area (Å²) in [7, 11) is -1.26. The fraction of sp³-hybridized carbons (Fsp3) is 0.190. The molecule has 0 aliphatic carbocycles. The van der Waals surface area contributed by atoms with Gasteiger partial charge in [0.25, 0.3) is 15.9 Å². The molecule has 1 N–H and O–H groups in total. The SMILES string of the molecule is CON(C)S(=O)(=O)c1cccc(C(=O)NC(C)c2ccc3ccccc3c2)c1. The quantitative estimate of drug-likeness (QED) is 0.645. The summed E-state index contributed by atoms with van der Waals surface area (Å²) in [5.41, 5.74) is 1.23. The molecule has 0 spiro atoms. The summed E-state index contributed by atoms with van der Waals surface area (Å²) in [4.78, 5) is 17.4. The summed E-state index contributed by atoms with van der Waals surface area (Å²) in [6.45, 7) is 1.89. The third-order valence-electron chi connectivity index (χ3n) is 4.61. The van der Waals surface area contributed by atoms with Crippen LogP contribution in [0.1, 0.15) is 28.9 Å². The highest BCUT2D eigenvalue weighted by atomic mass is 32.2. The lowest BCUT2D eigenvalue weighted by molar-refractivity contribution is -0.0258. The number of amides is 1. The molecule has 3 aromatic carbocycles. The van der Waals surface area contributed by atoms with Crippen LogP contribution in [0.5, 0.6) is 0 Å². The number of nitrogens with one attached hydrogen (secondary N) is 1. The monoisotopic (exact) mass is 398 g/mol. The molecule has 0 saturated heterocycles. The Balaban J connectivity index is 1.81. The van der Waals surface area contributed by atoms with Gasteiger partial charge in [0.2, 0.25) is 0 Å². The molecule has 0 bridgehead atoms. The zero-order valence-corrected chi connectivity index (χ0v) is 16.7. The second-order valence-corrected chi connectivity index (χ2v) is 8.36. The van der Waals surface area contributed by atoms with E-state index in [-0.39, 0.29) is 22.4 Å². The summed E-state index contributed by atoms with van der Waals surface area (Å²) in [5.74, 6) is -0.349. The number of carbonyl (C=O) groups excluding carboxylic acids is 1. The minimum absolute atomic E-state index is 0.0112. The summed E-state index contributed by atoms with van der Waals surface area (Å²) in [6.07, 6.45) is 0. The number of carbonyl (C=O) groups is 1. The fourth-order valence-corrected chi connectivity index (χ4v) is 3.90. The number of sulfonamides is 1. The molecule has 0 saturated carbocycles. The molecule has 7 heteroatoms. The average molecular weight is 398 g/mol. The van der Waals surface area contributed by atoms with Crippen LogP contribution in [-0.4, -0.2) is 33.0 Å². The van der Waals surface area contributed by atoms with Crippen molar-refractivity contribution >= 4 is 26.7 Å². The van der Waals surface area contributed by atoms with Crippen LogP contribution >= 0.6 is 0 Å². The first-order chi connectivity index (χ1) is 13.3. The molecule has 0 aliphatic rings. The molecular formula is C21H22N2O4S. The highest BCUT2D eigenvalue weighted by Gasteiger charge is 2.22. The van der Waals surface area contributed by atoms with Gasteiger partial charge < -0.3 is 5.32 Å². The number of nitrogens with zero attached hydrogens (tertiary/aromatic N) is 1. The smallest absolute Gasteiger partial charge is 0.264 e. The van der Waals surface area contributed by atoms with E-state index in [1.165, 1.54) is 32.4 Å². The second kappa shape index (κ2) is 8.10. The molecule has 0 radical (unpaired) electrons. The zero-order valence-electron chi connectivity index (χ0n) is 15.9. The Hall–Kier alpha value is -2.74. The third kappa shape index (κ3) is 4.06. The van der Waals surface area contributed by atoms with Crippen LogP contribution in [0.4, 0.5) is 0 Å². The Labute approximate surface area is 164 Å². The van der Waals surface area contributed by atoms with E-state index in [9.17, 15) is 13.2 Å². The van der Waals surface area contributed by atoms with Gasteiger partial charge in [-0.05, 0) is 47.5 Å². The van der Waals surface area contributed by atoms with E-state index in [2.05, 4.69) is 5.32 Å². The molecule has 3 rings (SSSR count). The number of rotatable bonds is 6. The predicted octanol–water partition coefficient (Wildman–Crippen LogP) is 3.51. The van der Waals surface area contributed by atoms with Crippen molar-refractivity contribution in [1.29, 1.82) is 0 Å². The number of benzene rings is 3. The van der Waals surface area contributed by atoms with Gasteiger partial charge in [-0.2, -0.15) is 0 Å². The Bertz CT molecular complexity index is 1110. The topological polar surface area (TPSA) is 75.7 Å². The van der Waals surface area contributed by atoms with E-state index in [0.717, 1.165) is 20.8 Å². The second-order valence-electron chi connectivity index (χ2n) is 6.43. The summed E-state index contributed by atoms with van der Waals surface area (Å²) < 4.78 is 25.5. The first-order valence-electron chi connectivity index (χ1n) is 8.75. The lowest BCUT2D eigenvalue weighted by Crippen LogP contribution is -2.28. The molecule has 0 fully saturated rings. The summed E-state index contributed by atoms with van der Waals surface area (Å²) in [6, 6.07) is 19.7. The maximum Gasteiger partial charge on any atom is 0.264 e. The van der Waals surface area contributed by atoms with Crippen molar-refractivity contribution in [2.45, 2.75) is 17.9 Å². The number of hydrogen-bond donors (Lipinski definition) is 1. The lowest BCUT2D eigenvalue weighted by Gasteiger charge is -2.17. The number of hydroxylamine groups is 1. The number of hydrogen-bond acceptors (Lipinski definition) is 4. The normalized spacial score (nSPS) is 12.9. The van der Waals surface area contributed by atoms with E-state index < -0.39 is 10.0 Å². The highest BCUT2D eigenvalue weighted by Crippen LogP contribution is 2.21. The third-order valence-corrected chi connectivity index (χ3v) is 6.29. The maximum absolute atomic E-state index is 12.7. The van der Waals surface area contributed by atoms with Crippen LogP contribution in [0.3, 0.4) is 0 Å². The van der Waals surface area contributed by atoms with Gasteiger partial charge in [0.1, 0.15) is 0 Å². The Morgan fingerprint density at radius 3 is 2.43 bits per heavy atom. The summed E-state index contributed by atoms with van der Waals surface area (Å²) >= 11 is 0. The van der Waals surface area contributed by atoms with E-state index in [0.29, 0.717) is 0 Å². The molecule has 1 unspecified atom stereocenters. The van der Waals surface area contributed by atoms with Crippen molar-refractivity contribution in [3.63, 3.8) is 0 Å². The van der Waals surface area contributed by atoms with E-state index >= 15 is 0 Å². The molecule has 28 heavy (non-hydrogen) atoms. The van der Waals surface area contributed by atoms with Crippen LogP contribution in [0.25, 0.3) is 10.8 Å². The Morgan fingerprint density at radius 2 is 1.71 bits per heavy atom. The first kappa shape index (κ1) is 20.0. The molecular weight excluding hydrogens is 376 g/mol. The standard InChI is InChI=1S/C21H22N2O4S/c1-15(17-12-11-16-7-4-5-8-18(16)13-17)22-21(24)19-9-6-10-20(14-19)28(25,26)23(2)27-3/h4-15H,1-3H3,(H,22,24). The minimum Gasteiger partial charge on any atom is -0.346 e. The maximum atomic E-state index is 12.7. The van der Waals surface area contributed by atoms with Gasteiger partial charge in [-0.15, -0.1) is 0 Å². The van der Waals surface area contributed by atoms with Gasteiger partial charge in [0, 0.05) is 12.6 Å². The molecule has 1 amide bonds. The molecule has 146 valence electrons. The van der Waals surface area contributed by atoms with Gasteiger partial charge in [-0.3, -0.25) is 9.63 Å². The van der Waals surface area contributed by atoms with Gasteiger partial charge in [-0.1, -0.05) is 46.9 Å². The molecule has 0 heterocycles. The van der Waals surface area contributed by atoms with Crippen molar-refractivity contribution in [2.24, 2.45) is 0 Å². The molecule has 0 aliphatic heterocycles. The largest absolute Gasteiger partial charge is 0.346 e.